The highest BCUT2D eigenvalue weighted by molar-refractivity contribution is 7.90. The number of phenolic OH excluding ortho intramolecular Hbond substituents is 4. The lowest BCUT2D eigenvalue weighted by Gasteiger charge is -2.29. The largest absolute Gasteiger partial charge is 0.506 e. The summed E-state index contributed by atoms with van der Waals surface area (Å²) in [5, 5.41) is 46.9. The molecule has 0 amide bonds. The summed E-state index contributed by atoms with van der Waals surface area (Å²) in [6.07, 6.45) is 5.02. The molecule has 0 saturated carbocycles. The van der Waals surface area contributed by atoms with Crippen molar-refractivity contribution in [3.05, 3.63) is 264 Å². The highest BCUT2D eigenvalue weighted by atomic mass is 32.2. The molecule has 10 heterocycles. The summed E-state index contributed by atoms with van der Waals surface area (Å²) < 4.78 is 163. The van der Waals surface area contributed by atoms with E-state index in [0.717, 1.165) is 67.1 Å². The molecular weight excluding hydrogens is 1910 g/mol. The average molecular weight is 2000 g/mol. The first-order valence-electron chi connectivity index (χ1n) is 42.3. The van der Waals surface area contributed by atoms with Crippen LogP contribution in [0.4, 0.5) is 0 Å². The summed E-state index contributed by atoms with van der Waals surface area (Å²) in [5.41, 5.74) is -0.183. The van der Waals surface area contributed by atoms with Gasteiger partial charge in [0.1, 0.15) is 57.2 Å². The lowest BCUT2D eigenvalue weighted by atomic mass is 10.0. The second-order valence-corrected chi connectivity index (χ2v) is 46.1. The van der Waals surface area contributed by atoms with E-state index in [0.29, 0.717) is 136 Å². The molecular formula is C90H91N11O22S10. The maximum atomic E-state index is 13.0. The van der Waals surface area contributed by atoms with Gasteiger partial charge in [0.05, 0.1) is 102 Å². The number of benzene rings is 10. The lowest BCUT2D eigenvalue weighted by Crippen LogP contribution is -2.46. The van der Waals surface area contributed by atoms with Crippen LogP contribution in [-0.4, -0.2) is 216 Å². The number of morpholine rings is 1. The van der Waals surface area contributed by atoms with E-state index in [1.807, 2.05) is 66.7 Å². The van der Waals surface area contributed by atoms with Crippen molar-refractivity contribution in [2.75, 3.05) is 112 Å². The average Bonchev–Trinajstić information content (AvgIpc) is 1.68. The van der Waals surface area contributed by atoms with Crippen LogP contribution in [0.2, 0.25) is 0 Å². The Labute approximate surface area is 784 Å². The first-order valence-corrected chi connectivity index (χ1v) is 53.4. The lowest BCUT2D eigenvalue weighted by molar-refractivity contribution is 0.0730. The van der Waals surface area contributed by atoms with Crippen molar-refractivity contribution in [1.82, 2.24) is 46.6 Å². The summed E-state index contributed by atoms with van der Waals surface area (Å²) >= 11 is 5.96. The number of methoxy groups -OCH3 is 1. The molecule has 5 fully saturated rings. The molecule has 33 nitrogen and oxygen atoms in total. The number of hydrogen-bond donors (Lipinski definition) is 5. The molecule has 133 heavy (non-hydrogen) atoms. The number of nitrogens with zero attached hydrogens (tertiary/aromatic N) is 10. The minimum Gasteiger partial charge on any atom is -0.506 e. The summed E-state index contributed by atoms with van der Waals surface area (Å²) in [5.74, 6) is 0.402. The number of rotatable bonds is 16. The van der Waals surface area contributed by atoms with Crippen LogP contribution in [0.1, 0.15) is 45.4 Å². The zero-order chi connectivity index (χ0) is 93.8. The van der Waals surface area contributed by atoms with Gasteiger partial charge in [0, 0.05) is 85.1 Å². The zero-order valence-electron chi connectivity index (χ0n) is 71.5. The number of aromatic nitrogens is 5. The molecule has 5 aliphatic heterocycles. The van der Waals surface area contributed by atoms with Crippen LogP contribution in [0.15, 0.2) is 261 Å². The van der Waals surface area contributed by atoms with Crippen molar-refractivity contribution in [3.63, 3.8) is 0 Å². The van der Waals surface area contributed by atoms with E-state index in [4.69, 9.17) is 14.2 Å². The molecule has 43 heteroatoms. The third kappa shape index (κ3) is 19.9. The Morgan fingerprint density at radius 2 is 0.564 bits per heavy atom. The van der Waals surface area contributed by atoms with Crippen molar-refractivity contribution in [3.8, 4) is 57.2 Å². The van der Waals surface area contributed by atoms with Crippen LogP contribution in [0.5, 0.6) is 28.7 Å². The van der Waals surface area contributed by atoms with Gasteiger partial charge in [-0.05, 0) is 190 Å². The maximum absolute atomic E-state index is 13.0. The van der Waals surface area contributed by atoms with E-state index in [1.54, 1.807) is 60.7 Å². The molecule has 5 saturated heterocycles. The van der Waals surface area contributed by atoms with Crippen LogP contribution in [0.3, 0.4) is 0 Å². The number of phenols is 4. The number of sulfonamides is 5. The summed E-state index contributed by atoms with van der Waals surface area (Å²) in [6.45, 7) is 8.98. The second-order valence-electron chi connectivity index (χ2n) is 31.5. The quantitative estimate of drug-likeness (QED) is 0.0600. The third-order valence-electron chi connectivity index (χ3n) is 23.0. The monoisotopic (exact) mass is 2000 g/mol. The van der Waals surface area contributed by atoms with Gasteiger partial charge < -0.3 is 40.0 Å². The van der Waals surface area contributed by atoms with E-state index >= 15 is 0 Å². The maximum Gasteiger partial charge on any atom is 0.273 e. The van der Waals surface area contributed by atoms with E-state index in [-0.39, 0.29) is 118 Å². The Kier molecular flexibility index (Phi) is 28.9. The molecule has 0 radical (unpaired) electrons. The Hall–Kier alpha value is -10.9. The number of hydrogen-bond acceptors (Lipinski definition) is 28. The minimum atomic E-state index is -3.74. The summed E-state index contributed by atoms with van der Waals surface area (Å²) in [4.78, 5) is 63.9. The standard InChI is InChI=1S/C19H20N2O4S2.C18H19N3O4S2.C18H18N2O5S2.C18H18N2O4S2.C17H16N2O5S2/c1-13-8-10-20(11-9-13)27(24,25)14-6-7-17(22)16(12-14)21-19(23)15-4-2-3-5-18(15)26-21;1-25-16-7-6-13(27(23,24)20-10-8-19-9-11-20)12-15(16)21-18(22)14-4-2-3-5-17(14)26-21;21-16-7-6-13(27(23,24)19-8-3-10-25-11-9-19)12-15(16)20-18(22)14-4-1-2-5-17(14)26-20;21-16-9-8-13(26(23,24)19-10-4-1-5-11-19)12-15(16)20-18(22)14-6-2-3-7-17(14)25-20;20-15-6-5-12(26(22,23)18-7-9-24-10-8-18)11-14(15)19-17(21)13-3-1-2-4-16(13)25-19/h2-7,12-13,22H,8-11H2,1H3;2-7,12,19H,8-11H2,1H3;1-2,4-7,12,21H,3,8-11H2;2-3,6-9,12,21H,1,4-5,10-11H2;1-6,11,20H,7-10H2. The molecule has 5 aromatic heterocycles. The molecule has 0 aliphatic carbocycles. The Balaban J connectivity index is 0.000000121. The van der Waals surface area contributed by atoms with Gasteiger partial charge in [-0.3, -0.25) is 24.0 Å². The van der Waals surface area contributed by atoms with Gasteiger partial charge in [-0.2, -0.15) is 21.5 Å². The molecule has 698 valence electrons. The number of piperazine rings is 1. The Morgan fingerprint density at radius 3 is 0.880 bits per heavy atom. The van der Waals surface area contributed by atoms with Crippen LogP contribution in [0, 0.1) is 5.92 Å². The third-order valence-corrected chi connectivity index (χ3v) is 37.9. The van der Waals surface area contributed by atoms with E-state index in [9.17, 15) is 86.5 Å². The molecule has 5 N–H and O–H groups in total. The van der Waals surface area contributed by atoms with Gasteiger partial charge in [0.2, 0.25) is 50.1 Å². The van der Waals surface area contributed by atoms with Crippen LogP contribution >= 0.6 is 57.7 Å². The van der Waals surface area contributed by atoms with Gasteiger partial charge in [-0.25, -0.2) is 61.9 Å². The van der Waals surface area contributed by atoms with Gasteiger partial charge in [0.15, 0.2) is 0 Å². The van der Waals surface area contributed by atoms with E-state index < -0.39 is 50.1 Å². The van der Waals surface area contributed by atoms with Crippen molar-refractivity contribution in [2.45, 2.75) is 69.9 Å². The van der Waals surface area contributed by atoms with Gasteiger partial charge >= 0.3 is 0 Å². The van der Waals surface area contributed by atoms with Crippen molar-refractivity contribution in [2.24, 2.45) is 5.92 Å². The number of ether oxygens (including phenoxy) is 3. The first kappa shape index (κ1) is 95.2. The molecule has 10 aromatic carbocycles. The van der Waals surface area contributed by atoms with Crippen LogP contribution < -0.4 is 37.8 Å². The fourth-order valence-corrected chi connectivity index (χ4v) is 28.1. The molecule has 0 unspecified atom stereocenters. The minimum absolute atomic E-state index is 0.0385. The Morgan fingerprint density at radius 1 is 0.308 bits per heavy atom. The van der Waals surface area contributed by atoms with Crippen molar-refractivity contribution in [1.29, 1.82) is 0 Å². The van der Waals surface area contributed by atoms with Crippen LogP contribution in [-0.2, 0) is 59.6 Å². The smallest absolute Gasteiger partial charge is 0.273 e. The highest BCUT2D eigenvalue weighted by Crippen LogP contribution is 2.38. The zero-order valence-corrected chi connectivity index (χ0v) is 79.7. The highest BCUT2D eigenvalue weighted by Gasteiger charge is 2.35. The summed E-state index contributed by atoms with van der Waals surface area (Å²) in [6, 6.07) is 56.7. The molecule has 0 spiro atoms. The predicted molar refractivity (Wildman–Crippen MR) is 515 cm³/mol. The number of fused-ring (bicyclic) bond motifs is 5. The molecule has 0 bridgehead atoms. The molecule has 15 aromatic rings. The van der Waals surface area contributed by atoms with Gasteiger partial charge in [0.25, 0.3) is 27.8 Å². The number of aromatic hydroxyl groups is 4. The fourth-order valence-electron chi connectivity index (χ4n) is 15.7. The van der Waals surface area contributed by atoms with Crippen molar-refractivity contribution >= 4 is 158 Å². The second kappa shape index (κ2) is 40.3. The molecule has 0 atom stereocenters. The van der Waals surface area contributed by atoms with E-state index in [2.05, 4.69) is 12.2 Å². The van der Waals surface area contributed by atoms with Crippen molar-refractivity contribution < 1.29 is 76.7 Å². The fraction of sp³-hybridized carbons (Fsp3) is 0.278. The summed E-state index contributed by atoms with van der Waals surface area (Å²) in [7, 11) is -16.9. The molecule has 5 aliphatic rings. The molecule has 20 rings (SSSR count). The van der Waals surface area contributed by atoms with Gasteiger partial charge in [-0.15, -0.1) is 0 Å². The first-order chi connectivity index (χ1) is 63.8. The number of nitrogens with one attached hydrogen (secondary N) is 1. The Bertz CT molecular complexity index is 7630. The number of piperidine rings is 2. The predicted octanol–water partition coefficient (Wildman–Crippen LogP) is 11.7. The topological polar surface area (TPSA) is 418 Å². The SMILES string of the molecule is CC1CCN(S(=O)(=O)c2ccc(O)c(-n3sc4ccccc4c3=O)c2)CC1.COc1ccc(S(=O)(=O)N2CCNCC2)cc1-n1sc2ccccc2c1=O.O=c1c2ccccc2sn1-c1cc(S(=O)(=O)N2CCCCC2)ccc1O.O=c1c2ccccc2sn1-c1cc(S(=O)(=O)N2CCCOCC2)ccc1O.O=c1c2ccccc2sn1-c1cc(S(=O)(=O)N2CCOCC2)ccc1O. The van der Waals surface area contributed by atoms with Gasteiger partial charge in [-0.1, -0.05) is 132 Å². The van der Waals surface area contributed by atoms with E-state index in [1.165, 1.54) is 179 Å². The van der Waals surface area contributed by atoms with Crippen LogP contribution in [0.25, 0.3) is 78.9 Å². The normalized spacial score (nSPS) is 16.3.